The summed E-state index contributed by atoms with van der Waals surface area (Å²) >= 11 is 1.44. The minimum Gasteiger partial charge on any atom is -0.369 e. The van der Waals surface area contributed by atoms with Gasteiger partial charge in [-0.25, -0.2) is 12.8 Å². The maximum atomic E-state index is 13.5. The lowest BCUT2D eigenvalue weighted by molar-refractivity contribution is -0.152. The summed E-state index contributed by atoms with van der Waals surface area (Å²) in [6.45, 7) is 0.941. The second-order valence-electron chi connectivity index (χ2n) is 6.93. The molecule has 2 aromatic rings. The molecule has 1 aromatic heterocycles. The molecule has 2 atom stereocenters. The van der Waals surface area contributed by atoms with Crippen molar-refractivity contribution in [1.82, 2.24) is 14.2 Å². The molecule has 7 nitrogen and oxygen atoms in total. The lowest BCUT2D eigenvalue weighted by Gasteiger charge is -2.45. The molecule has 29 heavy (non-hydrogen) atoms. The summed E-state index contributed by atoms with van der Waals surface area (Å²) in [4.78, 5) is 19.2. The number of benzene rings is 1. The molecule has 0 radical (unpaired) electrons. The molecule has 4 rings (SSSR count). The zero-order chi connectivity index (χ0) is 20.4. The molecular weight excluding hydrogens is 417 g/mol. The van der Waals surface area contributed by atoms with Gasteiger partial charge in [0.15, 0.2) is 0 Å². The molecule has 2 saturated heterocycles. The molecule has 0 spiro atoms. The molecule has 1 aromatic carbocycles. The van der Waals surface area contributed by atoms with Gasteiger partial charge in [0.1, 0.15) is 5.82 Å². The van der Waals surface area contributed by atoms with E-state index in [1.165, 1.54) is 34.3 Å². The standard InChI is InChI=1S/C19H20FN3O4S2/c20-14-2-1-3-18(8-14)29(25,26)23-11-15-9-22(10-16(12-23)27-15)19(24)13-28-17-4-6-21-7-5-17/h1-8,15-16H,9-13H2/t15-,16+. The van der Waals surface area contributed by atoms with E-state index in [1.54, 1.807) is 17.3 Å². The second kappa shape index (κ2) is 8.39. The first-order valence-corrected chi connectivity index (χ1v) is 11.6. The molecule has 0 aliphatic carbocycles. The van der Waals surface area contributed by atoms with E-state index in [-0.39, 0.29) is 23.9 Å². The molecule has 0 saturated carbocycles. The van der Waals surface area contributed by atoms with E-state index in [2.05, 4.69) is 4.98 Å². The smallest absolute Gasteiger partial charge is 0.243 e. The van der Waals surface area contributed by atoms with Gasteiger partial charge in [-0.1, -0.05) is 6.07 Å². The number of rotatable bonds is 5. The monoisotopic (exact) mass is 437 g/mol. The van der Waals surface area contributed by atoms with E-state index in [0.29, 0.717) is 18.8 Å². The summed E-state index contributed by atoms with van der Waals surface area (Å²) in [6, 6.07) is 8.69. The number of halogens is 1. The van der Waals surface area contributed by atoms with Gasteiger partial charge < -0.3 is 9.64 Å². The highest BCUT2D eigenvalue weighted by atomic mass is 32.2. The first kappa shape index (κ1) is 20.3. The molecule has 0 N–H and O–H groups in total. The fraction of sp³-hybridized carbons (Fsp3) is 0.368. The minimum absolute atomic E-state index is 0.00782. The van der Waals surface area contributed by atoms with E-state index in [9.17, 15) is 17.6 Å². The number of thioether (sulfide) groups is 1. The summed E-state index contributed by atoms with van der Waals surface area (Å²) in [5.74, 6) is -0.302. The molecular formula is C19H20FN3O4S2. The van der Waals surface area contributed by atoms with Crippen LogP contribution in [-0.4, -0.2) is 72.7 Å². The Morgan fingerprint density at radius 3 is 2.48 bits per heavy atom. The van der Waals surface area contributed by atoms with Crippen LogP contribution in [0, 0.1) is 5.82 Å². The SMILES string of the molecule is O=C(CSc1ccncc1)N1C[C@@H]2CN(S(=O)(=O)c3cccc(F)c3)C[C@H](C1)O2. The Morgan fingerprint density at radius 1 is 1.14 bits per heavy atom. The lowest BCUT2D eigenvalue weighted by Crippen LogP contribution is -2.61. The fourth-order valence-corrected chi connectivity index (χ4v) is 5.82. The number of pyridine rings is 1. The molecule has 1 amide bonds. The van der Waals surface area contributed by atoms with Gasteiger partial charge in [0.2, 0.25) is 15.9 Å². The van der Waals surface area contributed by atoms with E-state index in [4.69, 9.17) is 4.74 Å². The van der Waals surface area contributed by atoms with E-state index < -0.39 is 28.0 Å². The van der Waals surface area contributed by atoms with Crippen molar-refractivity contribution in [2.24, 2.45) is 0 Å². The average Bonchev–Trinajstić information content (AvgIpc) is 2.72. The van der Waals surface area contributed by atoms with E-state index in [0.717, 1.165) is 11.0 Å². The predicted molar refractivity (Wildman–Crippen MR) is 105 cm³/mol. The van der Waals surface area contributed by atoms with E-state index >= 15 is 0 Å². The summed E-state index contributed by atoms with van der Waals surface area (Å²) in [5, 5.41) is 0. The third-order valence-corrected chi connectivity index (χ3v) is 7.67. The molecule has 2 bridgehead atoms. The molecule has 154 valence electrons. The maximum Gasteiger partial charge on any atom is 0.243 e. The number of fused-ring (bicyclic) bond motifs is 2. The van der Waals surface area contributed by atoms with E-state index in [1.807, 2.05) is 12.1 Å². The summed E-state index contributed by atoms with van der Waals surface area (Å²) in [5.41, 5.74) is 0. The average molecular weight is 438 g/mol. The number of aromatic nitrogens is 1. The Morgan fingerprint density at radius 2 is 1.83 bits per heavy atom. The Labute approximate surface area is 172 Å². The number of carbonyl (C=O) groups excluding carboxylic acids is 1. The van der Waals surface area contributed by atoms with Gasteiger partial charge in [0, 0.05) is 43.5 Å². The third-order valence-electron chi connectivity index (χ3n) is 4.85. The number of ether oxygens (including phenoxy) is 1. The van der Waals surface area contributed by atoms with Crippen molar-refractivity contribution in [2.45, 2.75) is 22.0 Å². The van der Waals surface area contributed by atoms with Crippen LogP contribution in [0.5, 0.6) is 0 Å². The minimum atomic E-state index is -3.81. The van der Waals surface area contributed by atoms with Crippen molar-refractivity contribution >= 4 is 27.7 Å². The third kappa shape index (κ3) is 4.61. The quantitative estimate of drug-likeness (QED) is 0.662. The zero-order valence-corrected chi connectivity index (χ0v) is 17.1. The molecule has 3 heterocycles. The highest BCUT2D eigenvalue weighted by Gasteiger charge is 2.41. The molecule has 2 fully saturated rings. The predicted octanol–water partition coefficient (Wildman–Crippen LogP) is 1.61. The number of nitrogens with zero attached hydrogens (tertiary/aromatic N) is 3. The van der Waals surface area contributed by atoms with Gasteiger partial charge in [-0.2, -0.15) is 4.31 Å². The van der Waals surface area contributed by atoms with Crippen molar-refractivity contribution in [3.8, 4) is 0 Å². The zero-order valence-electron chi connectivity index (χ0n) is 15.5. The van der Waals surface area contributed by atoms with Gasteiger partial charge in [-0.05, 0) is 30.3 Å². The number of amides is 1. The van der Waals surface area contributed by atoms with Crippen LogP contribution in [0.3, 0.4) is 0 Å². The number of sulfonamides is 1. The van der Waals surface area contributed by atoms with Crippen LogP contribution in [0.15, 0.2) is 58.6 Å². The fourth-order valence-electron chi connectivity index (χ4n) is 3.50. The Kier molecular flexibility index (Phi) is 5.86. The topological polar surface area (TPSA) is 79.8 Å². The van der Waals surface area contributed by atoms with Gasteiger partial charge in [0.25, 0.3) is 0 Å². The van der Waals surface area contributed by atoms with Crippen LogP contribution < -0.4 is 0 Å². The van der Waals surface area contributed by atoms with Crippen LogP contribution in [0.2, 0.25) is 0 Å². The van der Waals surface area contributed by atoms with Crippen LogP contribution in [0.4, 0.5) is 4.39 Å². The summed E-state index contributed by atoms with van der Waals surface area (Å²) in [6.07, 6.45) is 2.56. The molecule has 2 aliphatic rings. The Balaban J connectivity index is 1.39. The van der Waals surface area contributed by atoms with Crippen LogP contribution in [0.1, 0.15) is 0 Å². The van der Waals surface area contributed by atoms with Gasteiger partial charge >= 0.3 is 0 Å². The lowest BCUT2D eigenvalue weighted by atomic mass is 10.1. The second-order valence-corrected chi connectivity index (χ2v) is 9.92. The van der Waals surface area contributed by atoms with Crippen LogP contribution in [-0.2, 0) is 19.6 Å². The Hall–Kier alpha value is -2.01. The Bertz CT molecular complexity index is 976. The maximum absolute atomic E-state index is 13.5. The highest BCUT2D eigenvalue weighted by Crippen LogP contribution is 2.26. The first-order valence-electron chi connectivity index (χ1n) is 9.13. The number of hydrogen-bond donors (Lipinski definition) is 0. The number of carbonyl (C=O) groups is 1. The normalized spacial score (nSPS) is 22.4. The van der Waals surface area contributed by atoms with Gasteiger partial charge in [0.05, 0.1) is 22.9 Å². The van der Waals surface area contributed by atoms with Crippen molar-refractivity contribution in [1.29, 1.82) is 0 Å². The molecule has 2 aliphatic heterocycles. The van der Waals surface area contributed by atoms with Crippen molar-refractivity contribution in [3.63, 3.8) is 0 Å². The summed E-state index contributed by atoms with van der Waals surface area (Å²) < 4.78 is 46.4. The first-order chi connectivity index (χ1) is 13.9. The largest absolute Gasteiger partial charge is 0.369 e. The molecule has 0 unspecified atom stereocenters. The molecule has 10 heteroatoms. The van der Waals surface area contributed by atoms with Crippen molar-refractivity contribution in [3.05, 3.63) is 54.6 Å². The summed E-state index contributed by atoms with van der Waals surface area (Å²) in [7, 11) is -3.81. The van der Waals surface area contributed by atoms with Gasteiger partial charge in [-0.3, -0.25) is 9.78 Å². The van der Waals surface area contributed by atoms with Crippen LogP contribution in [0.25, 0.3) is 0 Å². The highest BCUT2D eigenvalue weighted by molar-refractivity contribution is 8.00. The van der Waals surface area contributed by atoms with Crippen LogP contribution >= 0.6 is 11.8 Å². The number of morpholine rings is 2. The number of hydrogen-bond acceptors (Lipinski definition) is 6. The van der Waals surface area contributed by atoms with Crippen molar-refractivity contribution < 1.29 is 22.3 Å². The van der Waals surface area contributed by atoms with Crippen molar-refractivity contribution in [2.75, 3.05) is 31.9 Å². The van der Waals surface area contributed by atoms with Gasteiger partial charge in [-0.15, -0.1) is 11.8 Å².